The van der Waals surface area contributed by atoms with Gasteiger partial charge in [0.15, 0.2) is 0 Å². The molecule has 2 amide bonds. The van der Waals surface area contributed by atoms with Gasteiger partial charge < -0.3 is 20.7 Å². The molecule has 0 radical (unpaired) electrons. The van der Waals surface area contributed by atoms with Gasteiger partial charge >= 0.3 is 6.03 Å². The van der Waals surface area contributed by atoms with Crippen molar-refractivity contribution < 1.29 is 9.53 Å². The molecule has 15 heavy (non-hydrogen) atoms. The number of hydrogen-bond donors (Lipinski definition) is 2. The number of nitrogens with two attached hydrogens (primary N) is 1. The van der Waals surface area contributed by atoms with Crippen LogP contribution in [0.3, 0.4) is 0 Å². The minimum Gasteiger partial charge on any atom is -0.381 e. The average Bonchev–Trinajstić information content (AvgIpc) is 2.29. The van der Waals surface area contributed by atoms with Crippen molar-refractivity contribution in [3.8, 4) is 0 Å². The maximum absolute atomic E-state index is 11.7. The van der Waals surface area contributed by atoms with Crippen LogP contribution >= 0.6 is 0 Å². The van der Waals surface area contributed by atoms with Crippen LogP contribution in [0.15, 0.2) is 0 Å². The second kappa shape index (κ2) is 5.32. The van der Waals surface area contributed by atoms with E-state index >= 15 is 0 Å². The Morgan fingerprint density at radius 2 is 2.13 bits per heavy atom. The van der Waals surface area contributed by atoms with Crippen LogP contribution in [0, 0.1) is 0 Å². The summed E-state index contributed by atoms with van der Waals surface area (Å²) in [6.07, 6.45) is 1.60. The highest BCUT2D eigenvalue weighted by Gasteiger charge is 2.33. The van der Waals surface area contributed by atoms with E-state index in [-0.39, 0.29) is 11.6 Å². The van der Waals surface area contributed by atoms with Crippen LogP contribution < -0.4 is 11.1 Å². The average molecular weight is 215 g/mol. The Bertz CT molecular complexity index is 215. The number of urea groups is 1. The molecular formula is C10H21N3O2. The highest BCUT2D eigenvalue weighted by molar-refractivity contribution is 5.74. The first-order chi connectivity index (χ1) is 7.13. The molecule has 0 spiro atoms. The fourth-order valence-corrected chi connectivity index (χ4v) is 1.61. The third kappa shape index (κ3) is 3.07. The molecule has 5 heteroatoms. The molecule has 0 aromatic carbocycles. The van der Waals surface area contributed by atoms with E-state index in [0.29, 0.717) is 26.3 Å². The predicted octanol–water partition coefficient (Wildman–Crippen LogP) is 0.156. The Hall–Kier alpha value is -0.810. The van der Waals surface area contributed by atoms with Crippen molar-refractivity contribution in [3.63, 3.8) is 0 Å². The van der Waals surface area contributed by atoms with E-state index in [0.717, 1.165) is 12.8 Å². The third-order valence-electron chi connectivity index (χ3n) is 3.03. The van der Waals surface area contributed by atoms with Gasteiger partial charge in [-0.05, 0) is 19.8 Å². The summed E-state index contributed by atoms with van der Waals surface area (Å²) in [5.74, 6) is 0. The van der Waals surface area contributed by atoms with Gasteiger partial charge in [-0.15, -0.1) is 0 Å². The number of rotatable bonds is 3. The molecule has 88 valence electrons. The summed E-state index contributed by atoms with van der Waals surface area (Å²) >= 11 is 0. The number of hydrogen-bond acceptors (Lipinski definition) is 3. The summed E-state index contributed by atoms with van der Waals surface area (Å²) in [7, 11) is 1.78. The van der Waals surface area contributed by atoms with E-state index in [1.54, 1.807) is 11.9 Å². The van der Waals surface area contributed by atoms with Crippen LogP contribution in [-0.2, 0) is 4.74 Å². The molecule has 3 N–H and O–H groups in total. The maximum atomic E-state index is 11.7. The third-order valence-corrected chi connectivity index (χ3v) is 3.03. The molecule has 1 heterocycles. The molecule has 1 fully saturated rings. The first-order valence-corrected chi connectivity index (χ1v) is 5.44. The standard InChI is InChI=1S/C10H21N3O2/c1-3-13(2)9(14)12-10(8-11)4-6-15-7-5-10/h3-8,11H2,1-2H3,(H,12,14). The second-order valence-electron chi connectivity index (χ2n) is 4.04. The van der Waals surface area contributed by atoms with Crippen molar-refractivity contribution in [2.75, 3.05) is 33.4 Å². The molecule has 1 saturated heterocycles. The minimum absolute atomic E-state index is 0.0511. The number of nitrogens with one attached hydrogen (secondary N) is 1. The van der Waals surface area contributed by atoms with Gasteiger partial charge in [0, 0.05) is 33.4 Å². The summed E-state index contributed by atoms with van der Waals surface area (Å²) in [4.78, 5) is 13.4. The smallest absolute Gasteiger partial charge is 0.317 e. The van der Waals surface area contributed by atoms with Crippen molar-refractivity contribution >= 4 is 6.03 Å². The molecule has 0 bridgehead atoms. The van der Waals surface area contributed by atoms with Gasteiger partial charge in [-0.3, -0.25) is 0 Å². The zero-order chi connectivity index (χ0) is 11.3. The molecule has 0 atom stereocenters. The Kier molecular flexibility index (Phi) is 4.35. The van der Waals surface area contributed by atoms with E-state index in [9.17, 15) is 4.79 Å². The molecule has 0 aliphatic carbocycles. The van der Waals surface area contributed by atoms with Crippen molar-refractivity contribution in [1.82, 2.24) is 10.2 Å². The predicted molar refractivity (Wildman–Crippen MR) is 58.7 cm³/mol. The van der Waals surface area contributed by atoms with Crippen molar-refractivity contribution in [3.05, 3.63) is 0 Å². The molecule has 0 aromatic rings. The highest BCUT2D eigenvalue weighted by Crippen LogP contribution is 2.19. The van der Waals surface area contributed by atoms with Crippen LogP contribution in [0.25, 0.3) is 0 Å². The first kappa shape index (κ1) is 12.3. The second-order valence-corrected chi connectivity index (χ2v) is 4.04. The number of amides is 2. The van der Waals surface area contributed by atoms with E-state index in [2.05, 4.69) is 5.32 Å². The molecule has 1 aliphatic rings. The topological polar surface area (TPSA) is 67.6 Å². The Labute approximate surface area is 90.9 Å². The molecule has 0 saturated carbocycles. The molecular weight excluding hydrogens is 194 g/mol. The Balaban J connectivity index is 2.55. The Morgan fingerprint density at radius 3 is 2.60 bits per heavy atom. The molecule has 1 aliphatic heterocycles. The van der Waals surface area contributed by atoms with E-state index in [1.165, 1.54) is 0 Å². The summed E-state index contributed by atoms with van der Waals surface area (Å²) in [6, 6.07) is -0.0511. The largest absolute Gasteiger partial charge is 0.381 e. The highest BCUT2D eigenvalue weighted by atomic mass is 16.5. The fourth-order valence-electron chi connectivity index (χ4n) is 1.61. The van der Waals surface area contributed by atoms with Gasteiger partial charge in [-0.1, -0.05) is 0 Å². The maximum Gasteiger partial charge on any atom is 0.317 e. The van der Waals surface area contributed by atoms with Gasteiger partial charge in [0.2, 0.25) is 0 Å². The van der Waals surface area contributed by atoms with Crippen molar-refractivity contribution in [1.29, 1.82) is 0 Å². The minimum atomic E-state index is -0.265. The van der Waals surface area contributed by atoms with Gasteiger partial charge in [-0.2, -0.15) is 0 Å². The normalized spacial score (nSPS) is 19.7. The summed E-state index contributed by atoms with van der Waals surface area (Å²) in [5.41, 5.74) is 5.47. The van der Waals surface area contributed by atoms with Crippen LogP contribution in [0.5, 0.6) is 0 Å². The summed E-state index contributed by atoms with van der Waals surface area (Å²) in [5, 5.41) is 3.01. The van der Waals surface area contributed by atoms with Gasteiger partial charge in [-0.25, -0.2) is 4.79 Å². The molecule has 1 rings (SSSR count). The van der Waals surface area contributed by atoms with E-state index in [1.807, 2.05) is 6.92 Å². The number of carbonyl (C=O) groups excluding carboxylic acids is 1. The SMILES string of the molecule is CCN(C)C(=O)NC1(CN)CCOCC1. The van der Waals surface area contributed by atoms with Crippen LogP contribution in [0.4, 0.5) is 4.79 Å². The van der Waals surface area contributed by atoms with Crippen molar-refractivity contribution in [2.45, 2.75) is 25.3 Å². The van der Waals surface area contributed by atoms with Crippen molar-refractivity contribution in [2.24, 2.45) is 5.73 Å². The summed E-state index contributed by atoms with van der Waals surface area (Å²) in [6.45, 7) is 4.46. The fraction of sp³-hybridized carbons (Fsp3) is 0.900. The Morgan fingerprint density at radius 1 is 1.53 bits per heavy atom. The zero-order valence-corrected chi connectivity index (χ0v) is 9.58. The zero-order valence-electron chi connectivity index (χ0n) is 9.58. The number of ether oxygens (including phenoxy) is 1. The van der Waals surface area contributed by atoms with Gasteiger partial charge in [0.05, 0.1) is 5.54 Å². The lowest BCUT2D eigenvalue weighted by molar-refractivity contribution is 0.0436. The summed E-state index contributed by atoms with van der Waals surface area (Å²) < 4.78 is 5.27. The van der Waals surface area contributed by atoms with Crippen LogP contribution in [-0.4, -0.2) is 49.8 Å². The molecule has 0 unspecified atom stereocenters. The number of nitrogens with zero attached hydrogens (tertiary/aromatic N) is 1. The molecule has 5 nitrogen and oxygen atoms in total. The van der Waals surface area contributed by atoms with Crippen LogP contribution in [0.1, 0.15) is 19.8 Å². The lowest BCUT2D eigenvalue weighted by atomic mass is 9.90. The van der Waals surface area contributed by atoms with Crippen LogP contribution in [0.2, 0.25) is 0 Å². The van der Waals surface area contributed by atoms with E-state index in [4.69, 9.17) is 10.5 Å². The quantitative estimate of drug-likeness (QED) is 0.704. The first-order valence-electron chi connectivity index (χ1n) is 5.44. The lowest BCUT2D eigenvalue weighted by Crippen LogP contribution is -2.59. The monoisotopic (exact) mass is 215 g/mol. The lowest BCUT2D eigenvalue weighted by Gasteiger charge is -2.37. The number of carbonyl (C=O) groups is 1. The van der Waals surface area contributed by atoms with Gasteiger partial charge in [0.1, 0.15) is 0 Å². The van der Waals surface area contributed by atoms with Gasteiger partial charge in [0.25, 0.3) is 0 Å². The van der Waals surface area contributed by atoms with E-state index < -0.39 is 0 Å². The molecule has 0 aromatic heterocycles.